The number of nitrogens with zero attached hydrogens (tertiary/aromatic N) is 1. The van der Waals surface area contributed by atoms with Gasteiger partial charge in [-0.2, -0.15) is 0 Å². The minimum Gasteiger partial charge on any atom is -0.351 e. The molecule has 1 aliphatic heterocycles. The first kappa shape index (κ1) is 17.6. The van der Waals surface area contributed by atoms with Gasteiger partial charge in [-0.15, -0.1) is 0 Å². The van der Waals surface area contributed by atoms with Crippen LogP contribution in [0, 0.1) is 0 Å². The molecule has 1 saturated heterocycles. The molecule has 0 bridgehead atoms. The van der Waals surface area contributed by atoms with Crippen molar-refractivity contribution < 1.29 is 4.79 Å². The fourth-order valence-electron chi connectivity index (χ4n) is 3.43. The van der Waals surface area contributed by atoms with Crippen molar-refractivity contribution >= 4 is 5.91 Å². The van der Waals surface area contributed by atoms with Gasteiger partial charge in [-0.25, -0.2) is 0 Å². The molecule has 3 rings (SSSR count). The van der Waals surface area contributed by atoms with Gasteiger partial charge in [0.15, 0.2) is 0 Å². The van der Waals surface area contributed by atoms with E-state index in [9.17, 15) is 4.79 Å². The highest BCUT2D eigenvalue weighted by molar-refractivity contribution is 5.82. The monoisotopic (exact) mass is 337 g/mol. The maximum Gasteiger partial charge on any atom is 0.237 e. The molecule has 0 radical (unpaired) electrons. The fraction of sp³-hybridized carbons (Fsp3) is 0.381. The quantitative estimate of drug-likeness (QED) is 0.851. The molecule has 3 N–H and O–H groups in total. The van der Waals surface area contributed by atoms with Crippen LogP contribution in [0.2, 0.25) is 0 Å². The summed E-state index contributed by atoms with van der Waals surface area (Å²) in [6.45, 7) is 2.90. The predicted octanol–water partition coefficient (Wildman–Crippen LogP) is 2.34. The predicted molar refractivity (Wildman–Crippen MR) is 101 cm³/mol. The summed E-state index contributed by atoms with van der Waals surface area (Å²) in [6, 6.07) is 20.1. The zero-order chi connectivity index (χ0) is 17.5. The molecule has 2 atom stereocenters. The number of nitrogens with one attached hydrogen (secondary N) is 1. The molecule has 0 aliphatic carbocycles. The molecule has 0 spiro atoms. The average molecular weight is 337 g/mol. The van der Waals surface area contributed by atoms with Gasteiger partial charge in [-0.3, -0.25) is 9.69 Å². The third-order valence-corrected chi connectivity index (χ3v) is 4.74. The van der Waals surface area contributed by atoms with E-state index in [1.165, 1.54) is 5.56 Å². The van der Waals surface area contributed by atoms with Crippen molar-refractivity contribution in [3.05, 3.63) is 71.8 Å². The van der Waals surface area contributed by atoms with Crippen LogP contribution in [0.5, 0.6) is 0 Å². The standard InChI is InChI=1S/C21H27N3O/c22-20(14-17-8-3-1-4-9-17)21(25)23-19-12-7-13-24(16-19)15-18-10-5-2-6-11-18/h1-6,8-11,19-20H,7,12-16,22H2,(H,23,25). The van der Waals surface area contributed by atoms with Crippen LogP contribution >= 0.6 is 0 Å². The lowest BCUT2D eigenvalue weighted by Crippen LogP contribution is -2.52. The van der Waals surface area contributed by atoms with Crippen LogP contribution in [0.15, 0.2) is 60.7 Å². The molecule has 4 heteroatoms. The van der Waals surface area contributed by atoms with Crippen molar-refractivity contribution in [1.29, 1.82) is 0 Å². The Kier molecular flexibility index (Phi) is 6.20. The van der Waals surface area contributed by atoms with Crippen LogP contribution in [-0.2, 0) is 17.8 Å². The van der Waals surface area contributed by atoms with Gasteiger partial charge in [0.25, 0.3) is 0 Å². The normalized spacial score (nSPS) is 19.3. The molecule has 1 fully saturated rings. The van der Waals surface area contributed by atoms with Gasteiger partial charge < -0.3 is 11.1 Å². The van der Waals surface area contributed by atoms with E-state index in [1.807, 2.05) is 36.4 Å². The number of rotatable bonds is 6. The first-order valence-corrected chi connectivity index (χ1v) is 9.07. The van der Waals surface area contributed by atoms with E-state index in [0.717, 1.165) is 38.0 Å². The minimum atomic E-state index is -0.494. The molecule has 132 valence electrons. The molecule has 2 aromatic carbocycles. The Balaban J connectivity index is 1.49. The second-order valence-electron chi connectivity index (χ2n) is 6.86. The fourth-order valence-corrected chi connectivity index (χ4v) is 3.43. The van der Waals surface area contributed by atoms with Crippen LogP contribution in [0.25, 0.3) is 0 Å². The first-order chi connectivity index (χ1) is 12.2. The zero-order valence-corrected chi connectivity index (χ0v) is 14.6. The number of carbonyl (C=O) groups excluding carboxylic acids is 1. The number of piperidine rings is 1. The SMILES string of the molecule is NC(Cc1ccccc1)C(=O)NC1CCCN(Cc2ccccc2)C1. The molecule has 1 heterocycles. The molecule has 2 unspecified atom stereocenters. The number of hydrogen-bond acceptors (Lipinski definition) is 3. The van der Waals surface area contributed by atoms with Crippen molar-refractivity contribution in [2.24, 2.45) is 5.73 Å². The molecule has 4 nitrogen and oxygen atoms in total. The first-order valence-electron chi connectivity index (χ1n) is 9.07. The molecular formula is C21H27N3O. The van der Waals surface area contributed by atoms with Crippen molar-refractivity contribution in [3.8, 4) is 0 Å². The van der Waals surface area contributed by atoms with E-state index in [4.69, 9.17) is 5.73 Å². The summed E-state index contributed by atoms with van der Waals surface area (Å²) in [5.74, 6) is -0.0459. The lowest BCUT2D eigenvalue weighted by Gasteiger charge is -2.33. The van der Waals surface area contributed by atoms with Gasteiger partial charge in [0.05, 0.1) is 6.04 Å². The number of carbonyl (C=O) groups is 1. The van der Waals surface area contributed by atoms with Crippen molar-refractivity contribution in [1.82, 2.24) is 10.2 Å². The molecule has 0 saturated carbocycles. The summed E-state index contributed by atoms with van der Waals surface area (Å²) in [5.41, 5.74) is 8.51. The van der Waals surface area contributed by atoms with E-state index >= 15 is 0 Å². The Labute approximate surface area is 150 Å². The van der Waals surface area contributed by atoms with E-state index in [2.05, 4.69) is 34.5 Å². The van der Waals surface area contributed by atoms with Crippen molar-refractivity contribution in [2.75, 3.05) is 13.1 Å². The smallest absolute Gasteiger partial charge is 0.237 e. The molecule has 25 heavy (non-hydrogen) atoms. The number of benzene rings is 2. The summed E-state index contributed by atoms with van der Waals surface area (Å²) in [6.07, 6.45) is 2.70. The van der Waals surface area contributed by atoms with Gasteiger partial charge >= 0.3 is 0 Å². The number of hydrogen-bond donors (Lipinski definition) is 2. The Bertz CT molecular complexity index is 659. The summed E-state index contributed by atoms with van der Waals surface area (Å²) < 4.78 is 0. The molecular weight excluding hydrogens is 310 g/mol. The Hall–Kier alpha value is -2.17. The van der Waals surface area contributed by atoms with Crippen LogP contribution in [0.3, 0.4) is 0 Å². The highest BCUT2D eigenvalue weighted by Crippen LogP contribution is 2.14. The summed E-state index contributed by atoms with van der Waals surface area (Å²) in [5, 5.41) is 3.15. The zero-order valence-electron chi connectivity index (χ0n) is 14.6. The topological polar surface area (TPSA) is 58.4 Å². The average Bonchev–Trinajstić information content (AvgIpc) is 2.63. The largest absolute Gasteiger partial charge is 0.351 e. The van der Waals surface area contributed by atoms with Crippen LogP contribution in [0.4, 0.5) is 0 Å². The molecule has 1 amide bonds. The highest BCUT2D eigenvalue weighted by Gasteiger charge is 2.23. The lowest BCUT2D eigenvalue weighted by atomic mass is 10.0. The van der Waals surface area contributed by atoms with Gasteiger partial charge in [0.1, 0.15) is 0 Å². The van der Waals surface area contributed by atoms with Crippen molar-refractivity contribution in [3.63, 3.8) is 0 Å². The van der Waals surface area contributed by atoms with Crippen LogP contribution in [-0.4, -0.2) is 36.0 Å². The van der Waals surface area contributed by atoms with Gasteiger partial charge in [-0.05, 0) is 36.9 Å². The van der Waals surface area contributed by atoms with E-state index in [0.29, 0.717) is 6.42 Å². The van der Waals surface area contributed by atoms with Crippen LogP contribution < -0.4 is 11.1 Å². The second-order valence-corrected chi connectivity index (χ2v) is 6.86. The third kappa shape index (κ3) is 5.41. The summed E-state index contributed by atoms with van der Waals surface area (Å²) >= 11 is 0. The highest BCUT2D eigenvalue weighted by atomic mass is 16.2. The van der Waals surface area contributed by atoms with Crippen molar-refractivity contribution in [2.45, 2.75) is 37.9 Å². The number of nitrogens with two attached hydrogens (primary N) is 1. The number of likely N-dealkylation sites (tertiary alicyclic amines) is 1. The van der Waals surface area contributed by atoms with E-state index < -0.39 is 6.04 Å². The Morgan fingerprint density at radius 3 is 2.40 bits per heavy atom. The van der Waals surface area contributed by atoms with Crippen LogP contribution in [0.1, 0.15) is 24.0 Å². The minimum absolute atomic E-state index is 0.0459. The summed E-state index contributed by atoms with van der Waals surface area (Å²) in [7, 11) is 0. The van der Waals surface area contributed by atoms with Gasteiger partial charge in [0.2, 0.25) is 5.91 Å². The Morgan fingerprint density at radius 1 is 1.08 bits per heavy atom. The lowest BCUT2D eigenvalue weighted by molar-refractivity contribution is -0.123. The molecule has 0 aromatic heterocycles. The maximum absolute atomic E-state index is 12.4. The van der Waals surface area contributed by atoms with E-state index in [-0.39, 0.29) is 11.9 Å². The van der Waals surface area contributed by atoms with Gasteiger partial charge in [0, 0.05) is 19.1 Å². The third-order valence-electron chi connectivity index (χ3n) is 4.74. The Morgan fingerprint density at radius 2 is 1.72 bits per heavy atom. The van der Waals surface area contributed by atoms with Gasteiger partial charge in [-0.1, -0.05) is 60.7 Å². The van der Waals surface area contributed by atoms with E-state index in [1.54, 1.807) is 0 Å². The second kappa shape index (κ2) is 8.79. The maximum atomic E-state index is 12.4. The summed E-state index contributed by atoms with van der Waals surface area (Å²) in [4.78, 5) is 14.8. The molecule has 1 aliphatic rings. The molecule has 2 aromatic rings. The number of amides is 1.